The molecule has 1 aromatic carbocycles. The smallest absolute Gasteiger partial charge is 0.351 e. The SMILES string of the molecule is O=c1nc(OC[C@@H]2COCCO2)cc2n1CCc1cc(COCC3CCOCC3)ccc1-2. The van der Waals surface area contributed by atoms with Crippen LogP contribution in [0, 0.1) is 5.92 Å². The maximum Gasteiger partial charge on any atom is 0.351 e. The van der Waals surface area contributed by atoms with E-state index < -0.39 is 0 Å². The summed E-state index contributed by atoms with van der Waals surface area (Å²) in [4.78, 5) is 16.7. The van der Waals surface area contributed by atoms with Gasteiger partial charge >= 0.3 is 5.69 Å². The second-order valence-electron chi connectivity index (χ2n) is 8.60. The maximum atomic E-state index is 12.6. The average Bonchev–Trinajstić information content (AvgIpc) is 2.84. The van der Waals surface area contributed by atoms with Crippen molar-refractivity contribution in [1.29, 1.82) is 0 Å². The second-order valence-corrected chi connectivity index (χ2v) is 8.60. The van der Waals surface area contributed by atoms with Gasteiger partial charge in [0.15, 0.2) is 0 Å². The Bertz CT molecular complexity index is 979. The van der Waals surface area contributed by atoms with E-state index in [1.54, 1.807) is 4.57 Å². The van der Waals surface area contributed by atoms with Crippen LogP contribution in [-0.4, -0.2) is 61.9 Å². The Morgan fingerprint density at radius 2 is 1.97 bits per heavy atom. The summed E-state index contributed by atoms with van der Waals surface area (Å²) < 4.78 is 29.9. The summed E-state index contributed by atoms with van der Waals surface area (Å²) in [5.41, 5.74) is 3.99. The Balaban J connectivity index is 1.26. The summed E-state index contributed by atoms with van der Waals surface area (Å²) in [6, 6.07) is 8.21. The van der Waals surface area contributed by atoms with Crippen LogP contribution >= 0.6 is 0 Å². The molecule has 4 heterocycles. The molecule has 3 aliphatic heterocycles. The minimum atomic E-state index is -0.284. The van der Waals surface area contributed by atoms with Crippen molar-refractivity contribution in [2.75, 3.05) is 46.2 Å². The van der Waals surface area contributed by atoms with Crippen molar-refractivity contribution in [3.63, 3.8) is 0 Å². The van der Waals surface area contributed by atoms with Gasteiger partial charge in [-0.3, -0.25) is 4.57 Å². The van der Waals surface area contributed by atoms with Crippen molar-refractivity contribution >= 4 is 0 Å². The van der Waals surface area contributed by atoms with Gasteiger partial charge in [-0.1, -0.05) is 18.2 Å². The van der Waals surface area contributed by atoms with Gasteiger partial charge < -0.3 is 23.7 Å². The van der Waals surface area contributed by atoms with E-state index in [4.69, 9.17) is 23.7 Å². The van der Waals surface area contributed by atoms with Crippen molar-refractivity contribution < 1.29 is 23.7 Å². The largest absolute Gasteiger partial charge is 0.475 e. The fourth-order valence-electron chi connectivity index (χ4n) is 4.49. The van der Waals surface area contributed by atoms with Gasteiger partial charge in [0.25, 0.3) is 0 Å². The highest BCUT2D eigenvalue weighted by atomic mass is 16.6. The molecule has 0 bridgehead atoms. The lowest BCUT2D eigenvalue weighted by Crippen LogP contribution is -2.34. The molecule has 0 unspecified atom stereocenters. The molecule has 172 valence electrons. The molecule has 0 aliphatic carbocycles. The number of aryl methyl sites for hydroxylation is 1. The minimum Gasteiger partial charge on any atom is -0.475 e. The number of benzene rings is 1. The van der Waals surface area contributed by atoms with E-state index >= 15 is 0 Å². The Kier molecular flexibility index (Phi) is 6.83. The van der Waals surface area contributed by atoms with Crippen molar-refractivity contribution in [3.05, 3.63) is 45.9 Å². The third-order valence-electron chi connectivity index (χ3n) is 6.30. The summed E-state index contributed by atoms with van der Waals surface area (Å²) in [6.45, 7) is 5.64. The molecule has 2 saturated heterocycles. The summed E-state index contributed by atoms with van der Waals surface area (Å²) in [7, 11) is 0. The molecule has 2 fully saturated rings. The maximum absolute atomic E-state index is 12.6. The van der Waals surface area contributed by atoms with Crippen molar-refractivity contribution in [2.45, 2.75) is 38.5 Å². The molecule has 1 atom stereocenters. The van der Waals surface area contributed by atoms with E-state index in [1.807, 2.05) is 6.07 Å². The van der Waals surface area contributed by atoms with Gasteiger partial charge in [-0.2, -0.15) is 4.98 Å². The number of rotatable bonds is 7. The van der Waals surface area contributed by atoms with Gasteiger partial charge in [-0.15, -0.1) is 0 Å². The van der Waals surface area contributed by atoms with Crippen LogP contribution in [-0.2, 0) is 38.5 Å². The zero-order valence-electron chi connectivity index (χ0n) is 18.3. The van der Waals surface area contributed by atoms with Crippen LogP contribution < -0.4 is 10.4 Å². The van der Waals surface area contributed by atoms with Crippen LogP contribution in [0.15, 0.2) is 29.1 Å². The third kappa shape index (κ3) is 5.04. The topological polar surface area (TPSA) is 81.0 Å². The second kappa shape index (κ2) is 10.1. The summed E-state index contributed by atoms with van der Waals surface area (Å²) in [5, 5.41) is 0. The van der Waals surface area contributed by atoms with Gasteiger partial charge in [-0.05, 0) is 36.3 Å². The molecule has 8 heteroatoms. The molecule has 3 aliphatic rings. The van der Waals surface area contributed by atoms with Crippen LogP contribution in [0.25, 0.3) is 11.3 Å². The molecule has 1 aromatic heterocycles. The number of ether oxygens (including phenoxy) is 5. The fourth-order valence-corrected chi connectivity index (χ4v) is 4.49. The highest BCUT2D eigenvalue weighted by Crippen LogP contribution is 2.30. The summed E-state index contributed by atoms with van der Waals surface area (Å²) >= 11 is 0. The summed E-state index contributed by atoms with van der Waals surface area (Å²) in [5.74, 6) is 0.920. The normalized spacial score (nSPS) is 21.1. The quantitative estimate of drug-likeness (QED) is 0.650. The standard InChI is InChI=1S/C24H30N2O6/c27-24-25-23(32-16-20-15-29-9-10-31-20)12-22-21-2-1-18(11-19(21)3-6-26(22)24)14-30-13-17-4-7-28-8-5-17/h1-2,11-12,17,20H,3-10,13-16H2/t20-/m0/s1. The highest BCUT2D eigenvalue weighted by Gasteiger charge is 2.21. The van der Waals surface area contributed by atoms with Crippen LogP contribution in [0.1, 0.15) is 24.0 Å². The Morgan fingerprint density at radius 3 is 2.81 bits per heavy atom. The predicted molar refractivity (Wildman–Crippen MR) is 117 cm³/mol. The van der Waals surface area contributed by atoms with Gasteiger partial charge in [0.2, 0.25) is 5.88 Å². The van der Waals surface area contributed by atoms with E-state index in [0.29, 0.717) is 51.4 Å². The lowest BCUT2D eigenvalue weighted by molar-refractivity contribution is -0.102. The first-order valence-corrected chi connectivity index (χ1v) is 11.5. The van der Waals surface area contributed by atoms with Gasteiger partial charge in [0.1, 0.15) is 12.7 Å². The molecule has 0 amide bonds. The molecule has 5 rings (SSSR count). The Morgan fingerprint density at radius 1 is 1.06 bits per heavy atom. The molecule has 2 aromatic rings. The first-order chi connectivity index (χ1) is 15.8. The molecular formula is C24H30N2O6. The highest BCUT2D eigenvalue weighted by molar-refractivity contribution is 5.67. The molecular weight excluding hydrogens is 412 g/mol. The first kappa shape index (κ1) is 21.6. The average molecular weight is 443 g/mol. The fraction of sp³-hybridized carbons (Fsp3) is 0.583. The summed E-state index contributed by atoms with van der Waals surface area (Å²) in [6.07, 6.45) is 2.81. The lowest BCUT2D eigenvalue weighted by atomic mass is 9.95. The number of hydrogen-bond acceptors (Lipinski definition) is 7. The predicted octanol–water partition coefficient (Wildman–Crippen LogP) is 2.20. The number of nitrogens with zero attached hydrogens (tertiary/aromatic N) is 2. The van der Waals surface area contributed by atoms with E-state index in [9.17, 15) is 4.79 Å². The molecule has 0 radical (unpaired) electrons. The number of fused-ring (bicyclic) bond motifs is 3. The number of hydrogen-bond donors (Lipinski definition) is 0. The van der Waals surface area contributed by atoms with E-state index in [2.05, 4.69) is 23.2 Å². The zero-order valence-corrected chi connectivity index (χ0v) is 18.3. The van der Waals surface area contributed by atoms with Crippen molar-refractivity contribution in [3.8, 4) is 17.1 Å². The Hall–Kier alpha value is -2.26. The third-order valence-corrected chi connectivity index (χ3v) is 6.30. The van der Waals surface area contributed by atoms with Crippen LogP contribution in [0.4, 0.5) is 0 Å². The van der Waals surface area contributed by atoms with Crippen LogP contribution in [0.3, 0.4) is 0 Å². The first-order valence-electron chi connectivity index (χ1n) is 11.5. The molecule has 8 nitrogen and oxygen atoms in total. The zero-order chi connectivity index (χ0) is 21.8. The van der Waals surface area contributed by atoms with Crippen LogP contribution in [0.5, 0.6) is 5.88 Å². The van der Waals surface area contributed by atoms with Crippen LogP contribution in [0.2, 0.25) is 0 Å². The van der Waals surface area contributed by atoms with Gasteiger partial charge in [0, 0.05) is 31.4 Å². The van der Waals surface area contributed by atoms with Crippen molar-refractivity contribution in [2.24, 2.45) is 5.92 Å². The molecule has 0 N–H and O–H groups in total. The van der Waals surface area contributed by atoms with E-state index in [-0.39, 0.29) is 11.8 Å². The molecule has 0 saturated carbocycles. The van der Waals surface area contributed by atoms with E-state index in [0.717, 1.165) is 55.9 Å². The van der Waals surface area contributed by atoms with Gasteiger partial charge in [0.05, 0.1) is 38.7 Å². The van der Waals surface area contributed by atoms with Crippen molar-refractivity contribution in [1.82, 2.24) is 9.55 Å². The molecule has 0 spiro atoms. The Labute approximate surface area is 187 Å². The minimum absolute atomic E-state index is 0.139. The lowest BCUT2D eigenvalue weighted by Gasteiger charge is -2.24. The van der Waals surface area contributed by atoms with Gasteiger partial charge in [-0.25, -0.2) is 4.79 Å². The molecule has 32 heavy (non-hydrogen) atoms. The number of aromatic nitrogens is 2. The monoisotopic (exact) mass is 442 g/mol. The van der Waals surface area contributed by atoms with E-state index in [1.165, 1.54) is 5.56 Å².